The van der Waals surface area contributed by atoms with Crippen molar-refractivity contribution in [2.75, 3.05) is 5.75 Å². The number of benzene rings is 1. The molecule has 0 nitrogen and oxygen atoms in total. The maximum atomic E-state index is 5.55. The highest BCUT2D eigenvalue weighted by atomic mass is 32.2. The first-order valence-corrected chi connectivity index (χ1v) is 6.41. The number of thioether (sulfide) groups is 1. The van der Waals surface area contributed by atoms with Crippen molar-refractivity contribution in [3.05, 3.63) is 35.9 Å². The fraction of sp³-hybridized carbons (Fsp3) is 0.429. The van der Waals surface area contributed by atoms with Gasteiger partial charge in [-0.2, -0.15) is 0 Å². The van der Waals surface area contributed by atoms with Gasteiger partial charge in [-0.15, -0.1) is 18.2 Å². The van der Waals surface area contributed by atoms with Gasteiger partial charge in [0.2, 0.25) is 0 Å². The maximum Gasteiger partial charge on any atom is 0.0903 e. The highest BCUT2D eigenvalue weighted by molar-refractivity contribution is 7.99. The topological polar surface area (TPSA) is 0 Å². The van der Waals surface area contributed by atoms with Gasteiger partial charge in [0.15, 0.2) is 0 Å². The van der Waals surface area contributed by atoms with Crippen LogP contribution in [0.1, 0.15) is 31.1 Å². The molecule has 1 unspecified atom stereocenters. The highest BCUT2D eigenvalue weighted by Crippen LogP contribution is 2.28. The van der Waals surface area contributed by atoms with E-state index in [2.05, 4.69) is 31.9 Å². The number of terminal acetylenes is 1. The fourth-order valence-corrected chi connectivity index (χ4v) is 2.58. The normalized spacial score (nSPS) is 12.4. The molecule has 0 aromatic heterocycles. The molecule has 1 atom stereocenters. The van der Waals surface area contributed by atoms with Gasteiger partial charge < -0.3 is 0 Å². The van der Waals surface area contributed by atoms with Crippen LogP contribution in [0.15, 0.2) is 30.3 Å². The first kappa shape index (κ1) is 12.2. The monoisotopic (exact) mass is 218 g/mol. The van der Waals surface area contributed by atoms with E-state index in [9.17, 15) is 0 Å². The summed E-state index contributed by atoms with van der Waals surface area (Å²) in [6.45, 7) is 4.49. The molecule has 1 aromatic carbocycles. The van der Waals surface area contributed by atoms with E-state index in [1.165, 1.54) is 12.0 Å². The van der Waals surface area contributed by atoms with Crippen LogP contribution in [0.4, 0.5) is 0 Å². The summed E-state index contributed by atoms with van der Waals surface area (Å²) in [6.07, 6.45) is 6.78. The lowest BCUT2D eigenvalue weighted by atomic mass is 10.1. The smallest absolute Gasteiger partial charge is 0.0903 e. The van der Waals surface area contributed by atoms with Crippen molar-refractivity contribution in [3.8, 4) is 12.3 Å². The lowest BCUT2D eigenvalue weighted by Gasteiger charge is -2.11. The molecule has 0 aliphatic rings. The largest absolute Gasteiger partial charge is 0.141 e. The van der Waals surface area contributed by atoms with Gasteiger partial charge in [-0.05, 0) is 23.7 Å². The maximum absolute atomic E-state index is 5.55. The van der Waals surface area contributed by atoms with E-state index in [0.29, 0.717) is 0 Å². The summed E-state index contributed by atoms with van der Waals surface area (Å²) in [7, 11) is 0. The second kappa shape index (κ2) is 6.58. The first-order valence-electron chi connectivity index (χ1n) is 5.36. The molecule has 0 aliphatic carbocycles. The summed E-state index contributed by atoms with van der Waals surface area (Å²) in [5.74, 6) is 4.75. The molecule has 15 heavy (non-hydrogen) atoms. The van der Waals surface area contributed by atoms with Gasteiger partial charge in [0, 0.05) is 0 Å². The average Bonchev–Trinajstić information content (AvgIpc) is 2.25. The van der Waals surface area contributed by atoms with E-state index >= 15 is 0 Å². The average molecular weight is 218 g/mol. The molecule has 1 aromatic rings. The molecule has 0 heterocycles. The van der Waals surface area contributed by atoms with Gasteiger partial charge in [-0.3, -0.25) is 0 Å². The van der Waals surface area contributed by atoms with Crippen LogP contribution in [0.25, 0.3) is 0 Å². The molecule has 0 amide bonds. The molecule has 0 saturated heterocycles. The standard InChI is InChI=1S/C14H18S/c1-4-14(15-11-10-12(2)3)13-8-6-5-7-9-13/h1,5-9,12,14H,10-11H2,2-3H3. The molecule has 1 rings (SSSR count). The Morgan fingerprint density at radius 3 is 2.47 bits per heavy atom. The first-order chi connectivity index (χ1) is 7.24. The second-order valence-electron chi connectivity index (χ2n) is 4.01. The van der Waals surface area contributed by atoms with Gasteiger partial charge in [-0.25, -0.2) is 0 Å². The van der Waals surface area contributed by atoms with Gasteiger partial charge >= 0.3 is 0 Å². The van der Waals surface area contributed by atoms with Crippen LogP contribution in [0.3, 0.4) is 0 Å². The molecule has 0 aliphatic heterocycles. The van der Waals surface area contributed by atoms with Crippen molar-refractivity contribution in [2.24, 2.45) is 5.92 Å². The molecule has 0 saturated carbocycles. The molecular formula is C14H18S. The van der Waals surface area contributed by atoms with Gasteiger partial charge in [0.25, 0.3) is 0 Å². The zero-order valence-electron chi connectivity index (χ0n) is 9.44. The minimum absolute atomic E-state index is 0.213. The van der Waals surface area contributed by atoms with E-state index in [4.69, 9.17) is 6.42 Å². The molecular weight excluding hydrogens is 200 g/mol. The van der Waals surface area contributed by atoms with Crippen LogP contribution < -0.4 is 0 Å². The van der Waals surface area contributed by atoms with Crippen LogP contribution in [0.2, 0.25) is 0 Å². The zero-order valence-corrected chi connectivity index (χ0v) is 10.3. The minimum Gasteiger partial charge on any atom is -0.141 e. The van der Waals surface area contributed by atoms with Crippen molar-refractivity contribution in [2.45, 2.75) is 25.5 Å². The quantitative estimate of drug-likeness (QED) is 0.669. The summed E-state index contributed by atoms with van der Waals surface area (Å²) in [5.41, 5.74) is 1.24. The van der Waals surface area contributed by atoms with E-state index in [0.717, 1.165) is 11.7 Å². The molecule has 1 heteroatoms. The third-order valence-electron chi connectivity index (χ3n) is 2.23. The Bertz CT molecular complexity index is 308. The Labute approximate surface area is 97.5 Å². The van der Waals surface area contributed by atoms with Crippen molar-refractivity contribution in [1.29, 1.82) is 0 Å². The fourth-order valence-electron chi connectivity index (χ4n) is 1.29. The Balaban J connectivity index is 2.48. The van der Waals surface area contributed by atoms with Crippen LogP contribution >= 0.6 is 11.8 Å². The summed E-state index contributed by atoms with van der Waals surface area (Å²) in [6, 6.07) is 10.3. The van der Waals surface area contributed by atoms with Crippen molar-refractivity contribution >= 4 is 11.8 Å². The molecule has 0 spiro atoms. The lowest BCUT2D eigenvalue weighted by Crippen LogP contribution is -1.95. The summed E-state index contributed by atoms with van der Waals surface area (Å²) in [4.78, 5) is 0. The minimum atomic E-state index is 0.213. The number of hydrogen-bond donors (Lipinski definition) is 0. The summed E-state index contributed by atoms with van der Waals surface area (Å²) in [5, 5.41) is 0.213. The molecule has 0 N–H and O–H groups in total. The van der Waals surface area contributed by atoms with Crippen LogP contribution in [0, 0.1) is 18.3 Å². The molecule has 0 bridgehead atoms. The van der Waals surface area contributed by atoms with E-state index in [1.807, 2.05) is 30.0 Å². The number of rotatable bonds is 5. The predicted octanol–water partition coefficient (Wildman–Crippen LogP) is 4.14. The van der Waals surface area contributed by atoms with Crippen molar-refractivity contribution < 1.29 is 0 Å². The van der Waals surface area contributed by atoms with Crippen molar-refractivity contribution in [1.82, 2.24) is 0 Å². The van der Waals surface area contributed by atoms with E-state index < -0.39 is 0 Å². The van der Waals surface area contributed by atoms with Crippen LogP contribution in [0.5, 0.6) is 0 Å². The van der Waals surface area contributed by atoms with Gasteiger partial charge in [0.1, 0.15) is 0 Å². The van der Waals surface area contributed by atoms with Gasteiger partial charge in [-0.1, -0.05) is 50.1 Å². The molecule has 80 valence electrons. The molecule has 0 fully saturated rings. The van der Waals surface area contributed by atoms with Crippen molar-refractivity contribution in [3.63, 3.8) is 0 Å². The highest BCUT2D eigenvalue weighted by Gasteiger charge is 2.07. The summed E-state index contributed by atoms with van der Waals surface area (Å²) < 4.78 is 0. The zero-order chi connectivity index (χ0) is 11.1. The summed E-state index contributed by atoms with van der Waals surface area (Å²) >= 11 is 1.87. The van der Waals surface area contributed by atoms with Crippen LogP contribution in [-0.4, -0.2) is 5.75 Å². The Kier molecular flexibility index (Phi) is 5.36. The van der Waals surface area contributed by atoms with E-state index in [-0.39, 0.29) is 5.25 Å². The number of hydrogen-bond acceptors (Lipinski definition) is 1. The molecule has 0 radical (unpaired) electrons. The third kappa shape index (κ3) is 4.44. The predicted molar refractivity (Wildman–Crippen MR) is 69.9 cm³/mol. The van der Waals surface area contributed by atoms with Crippen LogP contribution in [-0.2, 0) is 0 Å². The Morgan fingerprint density at radius 2 is 1.93 bits per heavy atom. The van der Waals surface area contributed by atoms with Gasteiger partial charge in [0.05, 0.1) is 5.25 Å². The second-order valence-corrected chi connectivity index (χ2v) is 5.22. The third-order valence-corrected chi connectivity index (χ3v) is 3.45. The Hall–Kier alpha value is -0.870. The SMILES string of the molecule is C#CC(SCCC(C)C)c1ccccc1. The van der Waals surface area contributed by atoms with E-state index in [1.54, 1.807) is 0 Å². The Morgan fingerprint density at radius 1 is 1.27 bits per heavy atom. The lowest BCUT2D eigenvalue weighted by molar-refractivity contribution is 0.632.